The zero-order valence-electron chi connectivity index (χ0n) is 8.10. The summed E-state index contributed by atoms with van der Waals surface area (Å²) in [5.74, 6) is -0.664. The zero-order chi connectivity index (χ0) is 10.8. The summed E-state index contributed by atoms with van der Waals surface area (Å²) in [6, 6.07) is 6.83. The molecular weight excluding hydrogens is 194 g/mol. The second-order valence-corrected chi connectivity index (χ2v) is 3.05. The molecule has 2 aromatic rings. The molecule has 0 fully saturated rings. The summed E-state index contributed by atoms with van der Waals surface area (Å²) in [5, 5.41) is 9.81. The predicted molar refractivity (Wildman–Crippen MR) is 55.3 cm³/mol. The summed E-state index contributed by atoms with van der Waals surface area (Å²) in [6.45, 7) is 0. The van der Waals surface area contributed by atoms with Crippen LogP contribution in [0.4, 0.5) is 0 Å². The molecule has 0 unspecified atom stereocenters. The highest BCUT2D eigenvalue weighted by Gasteiger charge is 2.12. The largest absolute Gasteiger partial charge is 0.496 e. The van der Waals surface area contributed by atoms with Crippen LogP contribution in [0.15, 0.2) is 30.5 Å². The molecule has 0 bridgehead atoms. The van der Waals surface area contributed by atoms with Gasteiger partial charge in [0.15, 0.2) is 0 Å². The number of fused-ring (bicyclic) bond motifs is 1. The van der Waals surface area contributed by atoms with Crippen LogP contribution < -0.4 is 4.74 Å². The van der Waals surface area contributed by atoms with Gasteiger partial charge in [0.1, 0.15) is 11.3 Å². The van der Waals surface area contributed by atoms with Crippen molar-refractivity contribution >= 4 is 16.9 Å². The average molecular weight is 203 g/mol. The first-order valence-corrected chi connectivity index (χ1v) is 4.38. The Kier molecular flexibility index (Phi) is 2.25. The highest BCUT2D eigenvalue weighted by Crippen LogP contribution is 2.24. The minimum absolute atomic E-state index is 0.128. The van der Waals surface area contributed by atoms with Crippen molar-refractivity contribution in [2.75, 3.05) is 7.11 Å². The Morgan fingerprint density at radius 2 is 2.27 bits per heavy atom. The molecule has 2 rings (SSSR count). The summed E-state index contributed by atoms with van der Waals surface area (Å²) < 4.78 is 5.01. The quantitative estimate of drug-likeness (QED) is 0.810. The summed E-state index contributed by atoms with van der Waals surface area (Å²) in [6.07, 6.45) is 1.63. The fourth-order valence-corrected chi connectivity index (χ4v) is 1.44. The number of pyridine rings is 1. The molecule has 0 saturated heterocycles. The molecule has 1 aromatic carbocycles. The van der Waals surface area contributed by atoms with Crippen molar-refractivity contribution in [3.63, 3.8) is 0 Å². The first-order chi connectivity index (χ1) is 7.22. The Balaban J connectivity index is 2.74. The number of rotatable bonds is 2. The third-order valence-corrected chi connectivity index (χ3v) is 2.15. The molecule has 0 amide bonds. The van der Waals surface area contributed by atoms with E-state index in [0.29, 0.717) is 11.3 Å². The lowest BCUT2D eigenvalue weighted by molar-refractivity contribution is 0.0693. The number of hydrogen-bond donors (Lipinski definition) is 1. The van der Waals surface area contributed by atoms with Crippen molar-refractivity contribution in [2.24, 2.45) is 0 Å². The van der Waals surface area contributed by atoms with Crippen molar-refractivity contribution in [1.29, 1.82) is 0 Å². The van der Waals surface area contributed by atoms with E-state index in [1.165, 1.54) is 13.2 Å². The maximum absolute atomic E-state index is 10.9. The van der Waals surface area contributed by atoms with Gasteiger partial charge in [-0.2, -0.15) is 0 Å². The van der Waals surface area contributed by atoms with Crippen LogP contribution in [-0.4, -0.2) is 23.2 Å². The monoisotopic (exact) mass is 203 g/mol. The zero-order valence-corrected chi connectivity index (χ0v) is 8.10. The van der Waals surface area contributed by atoms with Crippen molar-refractivity contribution in [2.45, 2.75) is 0 Å². The molecule has 4 heteroatoms. The maximum Gasteiger partial charge on any atom is 0.339 e. The van der Waals surface area contributed by atoms with E-state index in [9.17, 15) is 4.79 Å². The van der Waals surface area contributed by atoms with Gasteiger partial charge in [0.05, 0.1) is 12.6 Å². The molecule has 0 aliphatic heterocycles. The van der Waals surface area contributed by atoms with Crippen molar-refractivity contribution in [1.82, 2.24) is 4.98 Å². The lowest BCUT2D eigenvalue weighted by atomic mass is 10.1. The van der Waals surface area contributed by atoms with Crippen molar-refractivity contribution < 1.29 is 14.6 Å². The second kappa shape index (κ2) is 3.57. The van der Waals surface area contributed by atoms with E-state index < -0.39 is 5.97 Å². The van der Waals surface area contributed by atoms with E-state index in [2.05, 4.69) is 4.98 Å². The molecular formula is C11H9NO3. The van der Waals surface area contributed by atoms with Gasteiger partial charge in [-0.05, 0) is 18.2 Å². The Bertz CT molecular complexity index is 522. The average Bonchev–Trinajstić information content (AvgIpc) is 2.27. The number of ether oxygens (including phenoxy) is 1. The number of carbonyl (C=O) groups is 1. The first kappa shape index (κ1) is 9.45. The molecule has 0 saturated carbocycles. The minimum Gasteiger partial charge on any atom is -0.496 e. The van der Waals surface area contributed by atoms with E-state index in [0.717, 1.165) is 5.39 Å². The molecule has 0 aliphatic carbocycles. The Morgan fingerprint density at radius 1 is 1.47 bits per heavy atom. The summed E-state index contributed by atoms with van der Waals surface area (Å²) in [4.78, 5) is 15.0. The highest BCUT2D eigenvalue weighted by molar-refractivity contribution is 5.96. The summed E-state index contributed by atoms with van der Waals surface area (Å²) in [7, 11) is 1.45. The standard InChI is InChI=1S/C11H9NO3/c1-15-10-5-7-3-2-4-12-9(7)6-8(10)11(13)14/h2-6H,1H3,(H,13,14). The Morgan fingerprint density at radius 3 is 2.93 bits per heavy atom. The van der Waals surface area contributed by atoms with Crippen molar-refractivity contribution in [3.8, 4) is 5.75 Å². The topological polar surface area (TPSA) is 59.4 Å². The van der Waals surface area contributed by atoms with Crippen LogP contribution in [0.25, 0.3) is 10.9 Å². The summed E-state index contributed by atoms with van der Waals surface area (Å²) >= 11 is 0. The number of hydrogen-bond acceptors (Lipinski definition) is 3. The molecule has 4 nitrogen and oxygen atoms in total. The Labute approximate surface area is 86.1 Å². The number of nitrogens with zero attached hydrogens (tertiary/aromatic N) is 1. The van der Waals surface area contributed by atoms with Gasteiger partial charge in [-0.3, -0.25) is 4.98 Å². The van der Waals surface area contributed by atoms with Crippen LogP contribution in [-0.2, 0) is 0 Å². The van der Waals surface area contributed by atoms with Crippen LogP contribution in [0, 0.1) is 0 Å². The van der Waals surface area contributed by atoms with Crippen LogP contribution in [0.2, 0.25) is 0 Å². The molecule has 0 aliphatic rings. The van der Waals surface area contributed by atoms with Gasteiger partial charge < -0.3 is 9.84 Å². The third kappa shape index (κ3) is 1.61. The van der Waals surface area contributed by atoms with Gasteiger partial charge in [0, 0.05) is 11.6 Å². The van der Waals surface area contributed by atoms with Crippen LogP contribution in [0.1, 0.15) is 10.4 Å². The van der Waals surface area contributed by atoms with Gasteiger partial charge >= 0.3 is 5.97 Å². The lowest BCUT2D eigenvalue weighted by Gasteiger charge is -2.06. The molecule has 0 atom stereocenters. The summed E-state index contributed by atoms with van der Waals surface area (Å²) in [5.41, 5.74) is 0.777. The SMILES string of the molecule is COc1cc2cccnc2cc1C(=O)O. The fraction of sp³-hybridized carbons (Fsp3) is 0.0909. The molecule has 0 spiro atoms. The molecule has 1 aromatic heterocycles. The second-order valence-electron chi connectivity index (χ2n) is 3.05. The molecule has 1 heterocycles. The molecule has 15 heavy (non-hydrogen) atoms. The van der Waals surface area contributed by atoms with Gasteiger partial charge in [0.25, 0.3) is 0 Å². The Hall–Kier alpha value is -2.10. The van der Waals surface area contributed by atoms with Gasteiger partial charge in [-0.25, -0.2) is 4.79 Å². The van der Waals surface area contributed by atoms with E-state index in [1.54, 1.807) is 18.3 Å². The number of aromatic carboxylic acids is 1. The molecule has 0 radical (unpaired) electrons. The smallest absolute Gasteiger partial charge is 0.339 e. The maximum atomic E-state index is 10.9. The van der Waals surface area contributed by atoms with Crippen LogP contribution >= 0.6 is 0 Å². The van der Waals surface area contributed by atoms with E-state index in [4.69, 9.17) is 9.84 Å². The van der Waals surface area contributed by atoms with E-state index >= 15 is 0 Å². The van der Waals surface area contributed by atoms with Gasteiger partial charge in [-0.15, -0.1) is 0 Å². The third-order valence-electron chi connectivity index (χ3n) is 2.15. The van der Waals surface area contributed by atoms with E-state index in [-0.39, 0.29) is 5.56 Å². The number of benzene rings is 1. The minimum atomic E-state index is -1.01. The van der Waals surface area contributed by atoms with Gasteiger partial charge in [-0.1, -0.05) is 6.07 Å². The first-order valence-electron chi connectivity index (χ1n) is 4.38. The fourth-order valence-electron chi connectivity index (χ4n) is 1.44. The van der Waals surface area contributed by atoms with Crippen molar-refractivity contribution in [3.05, 3.63) is 36.0 Å². The van der Waals surface area contributed by atoms with E-state index in [1.807, 2.05) is 6.07 Å². The van der Waals surface area contributed by atoms with Crippen LogP contribution in [0.3, 0.4) is 0 Å². The van der Waals surface area contributed by atoms with Gasteiger partial charge in [0.2, 0.25) is 0 Å². The highest BCUT2D eigenvalue weighted by atomic mass is 16.5. The number of carboxylic acids is 1. The van der Waals surface area contributed by atoms with Crippen LogP contribution in [0.5, 0.6) is 5.75 Å². The normalized spacial score (nSPS) is 10.2. The molecule has 1 N–H and O–H groups in total. The lowest BCUT2D eigenvalue weighted by Crippen LogP contribution is -2.00. The number of aromatic nitrogens is 1. The number of methoxy groups -OCH3 is 1. The predicted octanol–water partition coefficient (Wildman–Crippen LogP) is 1.94. The molecule has 76 valence electrons. The number of carboxylic acid groups (broad SMARTS) is 1.